The van der Waals surface area contributed by atoms with Gasteiger partial charge in [0.05, 0.1) is 6.61 Å². The van der Waals surface area contributed by atoms with Gasteiger partial charge in [-0.25, -0.2) is 0 Å². The third kappa shape index (κ3) is 1.88. The molecule has 0 amide bonds. The van der Waals surface area contributed by atoms with Crippen molar-refractivity contribution in [1.82, 2.24) is 0 Å². The van der Waals surface area contributed by atoms with E-state index >= 15 is 0 Å². The van der Waals surface area contributed by atoms with Gasteiger partial charge in [-0.2, -0.15) is 11.8 Å². The molecule has 2 rings (SSSR count). The lowest BCUT2D eigenvalue weighted by Gasteiger charge is -2.40. The lowest BCUT2D eigenvalue weighted by molar-refractivity contribution is 0.115. The Hall–Kier alpha value is 0.270. The Labute approximate surface area is 84.6 Å². The van der Waals surface area contributed by atoms with E-state index in [0.29, 0.717) is 5.41 Å². The second-order valence-corrected chi connectivity index (χ2v) is 5.46. The molecule has 1 unspecified atom stereocenters. The summed E-state index contributed by atoms with van der Waals surface area (Å²) in [6, 6.07) is 0. The van der Waals surface area contributed by atoms with Crippen LogP contribution in [0.15, 0.2) is 0 Å². The van der Waals surface area contributed by atoms with E-state index in [2.05, 4.69) is 11.8 Å². The van der Waals surface area contributed by atoms with E-state index in [1.165, 1.54) is 30.8 Å². The maximum Gasteiger partial charge on any atom is 0.0500 e. The minimum atomic E-state index is 0.432. The van der Waals surface area contributed by atoms with Crippen molar-refractivity contribution in [3.05, 3.63) is 0 Å². The highest BCUT2D eigenvalue weighted by atomic mass is 32.2. The van der Waals surface area contributed by atoms with E-state index in [4.69, 9.17) is 10.5 Å². The summed E-state index contributed by atoms with van der Waals surface area (Å²) >= 11 is 2.07. The van der Waals surface area contributed by atoms with Crippen LogP contribution >= 0.6 is 11.8 Å². The molecule has 0 spiro atoms. The second kappa shape index (κ2) is 4.20. The van der Waals surface area contributed by atoms with Crippen molar-refractivity contribution in [3.8, 4) is 0 Å². The molecule has 76 valence electrons. The van der Waals surface area contributed by atoms with Gasteiger partial charge in [0.2, 0.25) is 0 Å². The number of hydrogen-bond donors (Lipinski definition) is 1. The summed E-state index contributed by atoms with van der Waals surface area (Å²) in [5, 5.41) is 0. The van der Waals surface area contributed by atoms with Crippen molar-refractivity contribution < 1.29 is 4.74 Å². The SMILES string of the molecule is NCC1(C2CCOC2)CCSCC1. The summed E-state index contributed by atoms with van der Waals surface area (Å²) in [6.07, 6.45) is 3.85. The van der Waals surface area contributed by atoms with Crippen molar-refractivity contribution in [2.45, 2.75) is 19.3 Å². The zero-order valence-electron chi connectivity index (χ0n) is 8.13. The van der Waals surface area contributed by atoms with E-state index in [-0.39, 0.29) is 0 Å². The minimum absolute atomic E-state index is 0.432. The van der Waals surface area contributed by atoms with Crippen LogP contribution in [0, 0.1) is 11.3 Å². The Balaban J connectivity index is 2.03. The molecule has 0 bridgehead atoms. The van der Waals surface area contributed by atoms with Crippen molar-refractivity contribution in [1.29, 1.82) is 0 Å². The molecule has 3 heteroatoms. The fraction of sp³-hybridized carbons (Fsp3) is 1.00. The Morgan fingerprint density at radius 3 is 2.69 bits per heavy atom. The summed E-state index contributed by atoms with van der Waals surface area (Å²) in [4.78, 5) is 0. The van der Waals surface area contributed by atoms with E-state index in [9.17, 15) is 0 Å². The van der Waals surface area contributed by atoms with Gasteiger partial charge in [0.25, 0.3) is 0 Å². The highest BCUT2D eigenvalue weighted by Crippen LogP contribution is 2.43. The third-order valence-electron chi connectivity index (χ3n) is 3.69. The van der Waals surface area contributed by atoms with Crippen LogP contribution in [0.2, 0.25) is 0 Å². The van der Waals surface area contributed by atoms with E-state index in [1.54, 1.807) is 0 Å². The highest BCUT2D eigenvalue weighted by molar-refractivity contribution is 7.99. The van der Waals surface area contributed by atoms with Crippen LogP contribution in [0.1, 0.15) is 19.3 Å². The first kappa shape index (κ1) is 9.81. The van der Waals surface area contributed by atoms with Gasteiger partial charge < -0.3 is 10.5 Å². The lowest BCUT2D eigenvalue weighted by Crippen LogP contribution is -2.41. The van der Waals surface area contributed by atoms with Crippen molar-refractivity contribution in [2.24, 2.45) is 17.1 Å². The molecule has 0 saturated carbocycles. The molecule has 0 aromatic rings. The molecule has 13 heavy (non-hydrogen) atoms. The van der Waals surface area contributed by atoms with Crippen LogP contribution in [-0.2, 0) is 4.74 Å². The molecular weight excluding hydrogens is 182 g/mol. The number of thioether (sulfide) groups is 1. The number of rotatable bonds is 2. The molecule has 2 fully saturated rings. The quantitative estimate of drug-likeness (QED) is 0.735. The standard InChI is InChI=1S/C10H19NOS/c11-8-10(2-5-13-6-3-10)9-1-4-12-7-9/h9H,1-8,11H2. The van der Waals surface area contributed by atoms with Crippen LogP contribution in [0.25, 0.3) is 0 Å². The number of hydrogen-bond acceptors (Lipinski definition) is 3. The highest BCUT2D eigenvalue weighted by Gasteiger charge is 2.40. The summed E-state index contributed by atoms with van der Waals surface area (Å²) in [7, 11) is 0. The molecule has 1 atom stereocenters. The van der Waals surface area contributed by atoms with Gasteiger partial charge in [-0.3, -0.25) is 0 Å². The topological polar surface area (TPSA) is 35.2 Å². The van der Waals surface area contributed by atoms with Gasteiger partial charge in [-0.05, 0) is 48.6 Å². The summed E-state index contributed by atoms with van der Waals surface area (Å²) < 4.78 is 5.47. The van der Waals surface area contributed by atoms with Crippen molar-refractivity contribution in [2.75, 3.05) is 31.3 Å². The minimum Gasteiger partial charge on any atom is -0.381 e. The zero-order valence-corrected chi connectivity index (χ0v) is 8.94. The average Bonchev–Trinajstić information content (AvgIpc) is 2.72. The van der Waals surface area contributed by atoms with Crippen molar-refractivity contribution in [3.63, 3.8) is 0 Å². The maximum atomic E-state index is 5.95. The summed E-state index contributed by atoms with van der Waals surface area (Å²) in [6.45, 7) is 2.78. The van der Waals surface area contributed by atoms with Crippen LogP contribution in [-0.4, -0.2) is 31.3 Å². The van der Waals surface area contributed by atoms with Crippen LogP contribution in [0.4, 0.5) is 0 Å². The van der Waals surface area contributed by atoms with Gasteiger partial charge in [-0.15, -0.1) is 0 Å². The molecule has 0 radical (unpaired) electrons. The van der Waals surface area contributed by atoms with Gasteiger partial charge in [-0.1, -0.05) is 0 Å². The second-order valence-electron chi connectivity index (χ2n) is 4.24. The maximum absolute atomic E-state index is 5.95. The summed E-state index contributed by atoms with van der Waals surface area (Å²) in [5.41, 5.74) is 6.39. The molecule has 2 N–H and O–H groups in total. The predicted octanol–water partition coefficient (Wildman–Crippen LogP) is 1.49. The molecule has 2 nitrogen and oxygen atoms in total. The van der Waals surface area contributed by atoms with E-state index < -0.39 is 0 Å². The molecule has 2 aliphatic heterocycles. The summed E-state index contributed by atoms with van der Waals surface area (Å²) in [5.74, 6) is 3.35. The molecule has 2 saturated heterocycles. The molecule has 2 aliphatic rings. The Morgan fingerprint density at radius 1 is 1.38 bits per heavy atom. The van der Waals surface area contributed by atoms with Gasteiger partial charge >= 0.3 is 0 Å². The van der Waals surface area contributed by atoms with Crippen LogP contribution < -0.4 is 5.73 Å². The normalized spacial score (nSPS) is 33.5. The predicted molar refractivity (Wildman–Crippen MR) is 57.0 cm³/mol. The van der Waals surface area contributed by atoms with Crippen molar-refractivity contribution >= 4 is 11.8 Å². The molecular formula is C10H19NOS. The molecule has 0 aromatic heterocycles. The Morgan fingerprint density at radius 2 is 2.15 bits per heavy atom. The molecule has 0 aliphatic carbocycles. The zero-order chi connectivity index (χ0) is 9.15. The molecule has 2 heterocycles. The van der Waals surface area contributed by atoms with Crippen LogP contribution in [0.3, 0.4) is 0 Å². The van der Waals surface area contributed by atoms with E-state index in [0.717, 1.165) is 25.7 Å². The average molecular weight is 201 g/mol. The monoisotopic (exact) mass is 201 g/mol. The van der Waals surface area contributed by atoms with E-state index in [1.807, 2.05) is 0 Å². The first-order valence-corrected chi connectivity index (χ1v) is 6.38. The lowest BCUT2D eigenvalue weighted by atomic mass is 9.70. The van der Waals surface area contributed by atoms with Gasteiger partial charge in [0, 0.05) is 6.61 Å². The third-order valence-corrected chi connectivity index (χ3v) is 4.68. The largest absolute Gasteiger partial charge is 0.381 e. The number of nitrogens with two attached hydrogens (primary N) is 1. The fourth-order valence-corrected chi connectivity index (χ4v) is 3.88. The Kier molecular flexibility index (Phi) is 3.17. The number of ether oxygens (including phenoxy) is 1. The van der Waals surface area contributed by atoms with Gasteiger partial charge in [0.15, 0.2) is 0 Å². The first-order valence-electron chi connectivity index (χ1n) is 5.23. The van der Waals surface area contributed by atoms with Gasteiger partial charge in [0.1, 0.15) is 0 Å². The smallest absolute Gasteiger partial charge is 0.0500 e. The Bertz CT molecular complexity index is 162. The first-order chi connectivity index (χ1) is 6.37. The fourth-order valence-electron chi connectivity index (χ4n) is 2.57. The molecule has 0 aromatic carbocycles. The van der Waals surface area contributed by atoms with Crippen LogP contribution in [0.5, 0.6) is 0 Å².